The van der Waals surface area contributed by atoms with Gasteiger partial charge < -0.3 is 9.80 Å². The van der Waals surface area contributed by atoms with Gasteiger partial charge in [-0.05, 0) is 66.7 Å². The van der Waals surface area contributed by atoms with Crippen molar-refractivity contribution in [3.8, 4) is 17.1 Å². The van der Waals surface area contributed by atoms with Crippen molar-refractivity contribution >= 4 is 46.2 Å². The lowest BCUT2D eigenvalue weighted by atomic mass is 10.1. The third-order valence-corrected chi connectivity index (χ3v) is 10.1. The molecule has 10 heteroatoms. The second-order valence-corrected chi connectivity index (χ2v) is 14.3. The van der Waals surface area contributed by atoms with Gasteiger partial charge in [-0.3, -0.25) is 0 Å². The Morgan fingerprint density at radius 2 is 1.05 bits per heavy atom. The van der Waals surface area contributed by atoms with Gasteiger partial charge >= 0.3 is 6.34 Å². The first kappa shape index (κ1) is 34.5. The van der Waals surface area contributed by atoms with Crippen molar-refractivity contribution in [3.05, 3.63) is 190 Å². The molecule has 1 atom stereocenters. The molecule has 5 aromatic carbocycles. The molecule has 8 aromatic rings. The fraction of sp³-hybridized carbons (Fsp3) is 0.0870. The lowest BCUT2D eigenvalue weighted by Crippen LogP contribution is -3.00. The van der Waals surface area contributed by atoms with Crippen LogP contribution in [0.25, 0.3) is 17.1 Å². The molecule has 0 amide bonds. The number of anilines is 6. The van der Waals surface area contributed by atoms with Crippen LogP contribution in [-0.4, -0.2) is 31.7 Å². The Balaban J connectivity index is 1.16. The molecule has 274 valence electrons. The number of rotatable bonds is 10. The van der Waals surface area contributed by atoms with Crippen molar-refractivity contribution in [1.29, 1.82) is 0 Å². The molecule has 10 nitrogen and oxygen atoms in total. The van der Waals surface area contributed by atoms with Gasteiger partial charge in [0.25, 0.3) is 0 Å². The summed E-state index contributed by atoms with van der Waals surface area (Å²) < 4.78 is 14.7. The third-order valence-electron chi connectivity index (χ3n) is 10.1. The Morgan fingerprint density at radius 3 is 1.55 bits per heavy atom. The Kier molecular flexibility index (Phi) is 8.92. The predicted octanol–water partition coefficient (Wildman–Crippen LogP) is 6.14. The molecule has 3 aromatic heterocycles. The summed E-state index contributed by atoms with van der Waals surface area (Å²) >= 11 is 0. The van der Waals surface area contributed by atoms with Gasteiger partial charge in [0.1, 0.15) is 67.0 Å². The monoisotopic (exact) mass is 737 g/mol. The fourth-order valence-corrected chi connectivity index (χ4v) is 7.33. The highest BCUT2D eigenvalue weighted by Crippen LogP contribution is 2.40. The van der Waals surface area contributed by atoms with Crippen molar-refractivity contribution in [1.82, 2.24) is 13.7 Å². The number of hydrogen-bond donors (Lipinski definition) is 1. The predicted molar refractivity (Wildman–Crippen MR) is 219 cm³/mol. The molecule has 0 radical (unpaired) electrons. The van der Waals surface area contributed by atoms with Crippen molar-refractivity contribution in [2.45, 2.75) is 0 Å². The summed E-state index contributed by atoms with van der Waals surface area (Å²) in [5.74, 6) is 0. The largest absolute Gasteiger partial charge is 0.340 e. The zero-order chi connectivity index (χ0) is 38.2. The van der Waals surface area contributed by atoms with Crippen LogP contribution in [0, 0.1) is 0 Å². The average molecular weight is 738 g/mol. The molecular weight excluding hydrogens is 693 g/mol. The minimum absolute atomic E-state index is 1.05. The van der Waals surface area contributed by atoms with Crippen LogP contribution >= 0.6 is 0 Å². The maximum Gasteiger partial charge on any atom is 0.340 e. The molecule has 1 aliphatic rings. The molecule has 0 bridgehead atoms. The number of nitrogens with one attached hydrogen (secondary N) is 1. The van der Waals surface area contributed by atoms with Gasteiger partial charge in [-0.2, -0.15) is 9.48 Å². The normalized spacial score (nSPS) is 13.6. The van der Waals surface area contributed by atoms with Crippen molar-refractivity contribution in [2.75, 3.05) is 16.8 Å². The van der Waals surface area contributed by atoms with E-state index in [1.807, 2.05) is 21.1 Å². The van der Waals surface area contributed by atoms with Gasteiger partial charge in [-0.1, -0.05) is 24.3 Å². The smallest absolute Gasteiger partial charge is 0.310 e. The molecule has 0 saturated heterocycles. The lowest BCUT2D eigenvalue weighted by Gasteiger charge is -2.28. The average Bonchev–Trinajstić information content (AvgIpc) is 4.06. The van der Waals surface area contributed by atoms with Gasteiger partial charge in [0, 0.05) is 41.7 Å². The van der Waals surface area contributed by atoms with Crippen LogP contribution in [0.2, 0.25) is 0 Å². The van der Waals surface area contributed by atoms with Crippen LogP contribution in [0.4, 0.5) is 39.8 Å². The SMILES string of the molecule is Cn1cc[n+](-c2cccc(N(c3ccc(N(c4cccc(-n5cc[n+](C)c5)c4)c4cccc(-n5cc[n+](C)c5)c4)cc3)c3cccc([NH+]4C=C[N+](C)=C4)c3)c2)c1. The molecule has 1 unspecified atom stereocenters. The second-order valence-electron chi connectivity index (χ2n) is 14.3. The zero-order valence-electron chi connectivity index (χ0n) is 32.0. The van der Waals surface area contributed by atoms with Gasteiger partial charge in [0.2, 0.25) is 25.2 Å². The number of nitrogens with zero attached hydrogens (tertiary/aromatic N) is 9. The minimum atomic E-state index is 1.05. The molecule has 9 rings (SSSR count). The maximum atomic E-state index is 2.34. The standard InChI is InChI=1S/C46H44N10/c1-47-21-25-51(33-47)39-9-5-13-43(29-39)55(44-14-6-10-40(30-44)52-26-22-48(2)34-52)37-17-19-38(20-18-37)56(45-15-7-11-41(31-45)53-27-23-49(3)35-53)46-16-8-12-42(32-46)54-28-24-50(4)36-54/h5-36H,1-4H3/q+4/p+1. The number of benzene rings is 5. The third kappa shape index (κ3) is 6.92. The Morgan fingerprint density at radius 1 is 0.518 bits per heavy atom. The summed E-state index contributed by atoms with van der Waals surface area (Å²) in [6.45, 7) is 0. The highest BCUT2D eigenvalue weighted by molar-refractivity contribution is 5.82. The van der Waals surface area contributed by atoms with Crippen LogP contribution in [0.15, 0.2) is 190 Å². The summed E-state index contributed by atoms with van der Waals surface area (Å²) in [4.78, 5) is 5.85. The fourth-order valence-electron chi connectivity index (χ4n) is 7.33. The second kappa shape index (κ2) is 14.5. The molecule has 0 fully saturated rings. The highest BCUT2D eigenvalue weighted by Gasteiger charge is 2.22. The van der Waals surface area contributed by atoms with E-state index in [-0.39, 0.29) is 0 Å². The van der Waals surface area contributed by atoms with E-state index in [2.05, 4.69) is 245 Å². The lowest BCUT2D eigenvalue weighted by molar-refractivity contribution is -0.672. The summed E-state index contributed by atoms with van der Waals surface area (Å²) in [7, 11) is 8.18. The van der Waals surface area contributed by atoms with E-state index in [4.69, 9.17) is 0 Å². The van der Waals surface area contributed by atoms with E-state index in [9.17, 15) is 0 Å². The van der Waals surface area contributed by atoms with E-state index in [0.29, 0.717) is 0 Å². The van der Waals surface area contributed by atoms with Crippen LogP contribution < -0.4 is 28.4 Å². The molecule has 4 heterocycles. The van der Waals surface area contributed by atoms with Crippen LogP contribution in [0.1, 0.15) is 0 Å². The van der Waals surface area contributed by atoms with Crippen LogP contribution in [-0.2, 0) is 21.1 Å². The van der Waals surface area contributed by atoms with Crippen molar-refractivity contribution < 1.29 is 23.2 Å². The van der Waals surface area contributed by atoms with E-state index < -0.39 is 0 Å². The van der Waals surface area contributed by atoms with Gasteiger partial charge in [-0.25, -0.2) is 27.4 Å². The van der Waals surface area contributed by atoms with E-state index in [1.165, 1.54) is 4.90 Å². The minimum Gasteiger partial charge on any atom is -0.310 e. The Hall–Kier alpha value is -7.30. The molecule has 0 saturated carbocycles. The van der Waals surface area contributed by atoms with Crippen molar-refractivity contribution in [3.63, 3.8) is 0 Å². The van der Waals surface area contributed by atoms with E-state index >= 15 is 0 Å². The molecule has 56 heavy (non-hydrogen) atoms. The maximum absolute atomic E-state index is 2.34. The summed E-state index contributed by atoms with van der Waals surface area (Å²) in [5.41, 5.74) is 10.8. The Bertz CT molecular complexity index is 2650. The molecule has 1 N–H and O–H groups in total. The van der Waals surface area contributed by atoms with E-state index in [0.717, 1.165) is 56.9 Å². The number of aryl methyl sites for hydroxylation is 3. The summed E-state index contributed by atoms with van der Waals surface area (Å²) in [6, 6.07) is 43.8. The van der Waals surface area contributed by atoms with Gasteiger partial charge in [0.15, 0.2) is 6.20 Å². The van der Waals surface area contributed by atoms with Gasteiger partial charge in [0.05, 0.1) is 43.9 Å². The first-order chi connectivity index (χ1) is 27.3. The number of hydrogen-bond acceptors (Lipinski definition) is 2. The summed E-state index contributed by atoms with van der Waals surface area (Å²) in [6.07, 6.45) is 25.1. The van der Waals surface area contributed by atoms with Gasteiger partial charge in [-0.15, -0.1) is 0 Å². The molecule has 0 aliphatic carbocycles. The molecular formula is C46H45N10+5. The zero-order valence-corrected chi connectivity index (χ0v) is 32.0. The van der Waals surface area contributed by atoms with Crippen molar-refractivity contribution in [2.24, 2.45) is 21.1 Å². The van der Waals surface area contributed by atoms with E-state index in [1.54, 1.807) is 0 Å². The number of aromatic nitrogens is 6. The first-order valence-electron chi connectivity index (χ1n) is 18.7. The highest BCUT2D eigenvalue weighted by atomic mass is 15.2. The quantitative estimate of drug-likeness (QED) is 0.172. The summed E-state index contributed by atoms with van der Waals surface area (Å²) in [5, 5.41) is 0. The van der Waals surface area contributed by atoms with Crippen LogP contribution in [0.3, 0.4) is 0 Å². The number of imidazole rings is 3. The molecule has 0 spiro atoms. The Labute approximate surface area is 327 Å². The van der Waals surface area contributed by atoms with Crippen LogP contribution in [0.5, 0.6) is 0 Å². The molecule has 1 aliphatic heterocycles. The topological polar surface area (TPSA) is 40.4 Å². The first-order valence-corrected chi connectivity index (χ1v) is 18.7. The number of quaternary nitrogens is 1.